The van der Waals surface area contributed by atoms with Crippen molar-refractivity contribution >= 4 is 17.9 Å². The van der Waals surface area contributed by atoms with E-state index in [4.69, 9.17) is 37.9 Å². The van der Waals surface area contributed by atoms with Crippen molar-refractivity contribution in [2.75, 3.05) is 26.4 Å². The highest BCUT2D eigenvalue weighted by Crippen LogP contribution is 2.47. The van der Waals surface area contributed by atoms with Crippen LogP contribution in [0.2, 0.25) is 0 Å². The molecule has 0 aromatic rings. The first kappa shape index (κ1) is 25.6. The van der Waals surface area contributed by atoms with Crippen molar-refractivity contribution in [1.82, 2.24) is 0 Å². The highest BCUT2D eigenvalue weighted by atomic mass is 16.9. The van der Waals surface area contributed by atoms with Gasteiger partial charge in [0.2, 0.25) is 5.79 Å². The summed E-state index contributed by atoms with van der Waals surface area (Å²) in [6, 6.07) is 0. The Bertz CT molecular complexity index is 777. The van der Waals surface area contributed by atoms with Crippen LogP contribution >= 0.6 is 0 Å². The molecule has 0 amide bonds. The van der Waals surface area contributed by atoms with E-state index in [1.165, 1.54) is 6.92 Å². The minimum atomic E-state index is -1.56. The Labute approximate surface area is 192 Å². The van der Waals surface area contributed by atoms with Gasteiger partial charge in [0.1, 0.15) is 18.8 Å². The van der Waals surface area contributed by atoms with Gasteiger partial charge in [0.05, 0.1) is 32.7 Å². The number of hydrogen-bond donors (Lipinski definition) is 0. The predicted molar refractivity (Wildman–Crippen MR) is 109 cm³/mol. The molecule has 0 aromatic carbocycles. The van der Waals surface area contributed by atoms with Gasteiger partial charge in [-0.3, -0.25) is 9.59 Å². The van der Waals surface area contributed by atoms with Crippen molar-refractivity contribution in [3.63, 3.8) is 0 Å². The molecule has 3 aliphatic rings. The Morgan fingerprint density at radius 2 is 1.58 bits per heavy atom. The molecule has 11 heteroatoms. The molecular formula is C22H32O11. The fraction of sp³-hybridized carbons (Fsp3) is 0.773. The Hall–Kier alpha value is -2.05. The Morgan fingerprint density at radius 3 is 2.15 bits per heavy atom. The third kappa shape index (κ3) is 5.55. The number of esters is 3. The Morgan fingerprint density at radius 1 is 0.970 bits per heavy atom. The van der Waals surface area contributed by atoms with Crippen LogP contribution in [0.25, 0.3) is 0 Å². The summed E-state index contributed by atoms with van der Waals surface area (Å²) in [4.78, 5) is 36.6. The molecule has 3 heterocycles. The largest absolute Gasteiger partial charge is 0.466 e. The Kier molecular flexibility index (Phi) is 7.49. The van der Waals surface area contributed by atoms with E-state index >= 15 is 0 Å². The molecule has 3 saturated heterocycles. The number of carbonyl (C=O) groups is 3. The molecule has 0 radical (unpaired) electrons. The molecule has 33 heavy (non-hydrogen) atoms. The average Bonchev–Trinajstić information content (AvgIpc) is 3.21. The first-order valence-electron chi connectivity index (χ1n) is 11.0. The van der Waals surface area contributed by atoms with Gasteiger partial charge in [0.15, 0.2) is 17.7 Å². The minimum absolute atomic E-state index is 0.0169. The molecule has 3 fully saturated rings. The second-order valence-electron chi connectivity index (χ2n) is 8.59. The van der Waals surface area contributed by atoms with E-state index in [1.54, 1.807) is 27.7 Å². The van der Waals surface area contributed by atoms with Crippen molar-refractivity contribution in [1.29, 1.82) is 0 Å². The van der Waals surface area contributed by atoms with E-state index < -0.39 is 53.6 Å². The monoisotopic (exact) mass is 472 g/mol. The molecule has 6 atom stereocenters. The van der Waals surface area contributed by atoms with Crippen molar-refractivity contribution in [3.05, 3.63) is 12.2 Å². The topological polar surface area (TPSA) is 125 Å². The maximum Gasteiger partial charge on any atom is 0.333 e. The van der Waals surface area contributed by atoms with Crippen LogP contribution in [0.4, 0.5) is 0 Å². The van der Waals surface area contributed by atoms with Crippen LogP contribution in [0, 0.1) is 0 Å². The summed E-state index contributed by atoms with van der Waals surface area (Å²) in [5.74, 6) is -5.95. The number of carbonyl (C=O) groups excluding carboxylic acids is 3. The van der Waals surface area contributed by atoms with Crippen LogP contribution in [-0.4, -0.2) is 80.0 Å². The van der Waals surface area contributed by atoms with Gasteiger partial charge in [-0.15, -0.1) is 0 Å². The van der Waals surface area contributed by atoms with Gasteiger partial charge >= 0.3 is 17.9 Å². The lowest BCUT2D eigenvalue weighted by Crippen LogP contribution is -2.63. The van der Waals surface area contributed by atoms with E-state index in [-0.39, 0.29) is 44.8 Å². The maximum atomic E-state index is 12.5. The summed E-state index contributed by atoms with van der Waals surface area (Å²) in [6.07, 6.45) is -2.99. The molecule has 11 nitrogen and oxygen atoms in total. The zero-order chi connectivity index (χ0) is 24.4. The first-order chi connectivity index (χ1) is 15.4. The standard InChI is InChI=1S/C22H32O11/c1-7-26-15(23)9-20(5)29-12-22(33-20)18(30-19(25)13(3)4)17-14(11-28-22)31-21(6,32-17)10-16(24)27-8-2/h14,17-18H,3,7-12H2,1-2,4-6H3/t14-,17-,18+,20?,21?,22+/m1/s1. The minimum Gasteiger partial charge on any atom is -0.466 e. The second-order valence-corrected chi connectivity index (χ2v) is 8.59. The van der Waals surface area contributed by atoms with Gasteiger partial charge in [-0.1, -0.05) is 6.58 Å². The van der Waals surface area contributed by atoms with E-state index in [1.807, 2.05) is 0 Å². The first-order valence-corrected chi connectivity index (χ1v) is 11.0. The summed E-state index contributed by atoms with van der Waals surface area (Å²) < 4.78 is 45.6. The van der Waals surface area contributed by atoms with Crippen LogP contribution in [-0.2, 0) is 52.3 Å². The summed E-state index contributed by atoms with van der Waals surface area (Å²) in [5.41, 5.74) is 0.161. The fourth-order valence-corrected chi connectivity index (χ4v) is 4.10. The van der Waals surface area contributed by atoms with Gasteiger partial charge in [0.25, 0.3) is 0 Å². The van der Waals surface area contributed by atoms with E-state index in [0.717, 1.165) is 0 Å². The molecule has 3 rings (SSSR count). The average molecular weight is 472 g/mol. The van der Waals surface area contributed by atoms with Crippen molar-refractivity contribution in [3.8, 4) is 0 Å². The lowest BCUT2D eigenvalue weighted by Gasteiger charge is -2.43. The molecule has 0 N–H and O–H groups in total. The molecule has 3 aliphatic heterocycles. The van der Waals surface area contributed by atoms with Gasteiger partial charge < -0.3 is 37.9 Å². The van der Waals surface area contributed by atoms with Gasteiger partial charge in [-0.05, 0) is 34.6 Å². The Balaban J connectivity index is 1.84. The van der Waals surface area contributed by atoms with Crippen molar-refractivity contribution in [2.45, 2.75) is 83.1 Å². The van der Waals surface area contributed by atoms with Gasteiger partial charge in [-0.25, -0.2) is 4.79 Å². The maximum absolute atomic E-state index is 12.5. The molecule has 0 bridgehead atoms. The van der Waals surface area contributed by atoms with Crippen LogP contribution in [0.15, 0.2) is 12.2 Å². The highest BCUT2D eigenvalue weighted by molar-refractivity contribution is 5.87. The summed E-state index contributed by atoms with van der Waals surface area (Å²) in [5, 5.41) is 0. The third-order valence-corrected chi connectivity index (χ3v) is 5.47. The van der Waals surface area contributed by atoms with Gasteiger partial charge in [-0.2, -0.15) is 0 Å². The molecule has 2 unspecified atom stereocenters. The van der Waals surface area contributed by atoms with Crippen LogP contribution < -0.4 is 0 Å². The van der Waals surface area contributed by atoms with E-state index in [9.17, 15) is 14.4 Å². The van der Waals surface area contributed by atoms with Crippen LogP contribution in [0.5, 0.6) is 0 Å². The smallest absolute Gasteiger partial charge is 0.333 e. The molecule has 0 saturated carbocycles. The zero-order valence-corrected chi connectivity index (χ0v) is 19.7. The number of fused-ring (bicyclic) bond motifs is 1. The lowest BCUT2D eigenvalue weighted by molar-refractivity contribution is -0.330. The van der Waals surface area contributed by atoms with E-state index in [0.29, 0.717) is 0 Å². The molecule has 1 spiro atoms. The van der Waals surface area contributed by atoms with Crippen molar-refractivity contribution in [2.24, 2.45) is 0 Å². The van der Waals surface area contributed by atoms with E-state index in [2.05, 4.69) is 6.58 Å². The zero-order valence-electron chi connectivity index (χ0n) is 19.7. The van der Waals surface area contributed by atoms with Crippen LogP contribution in [0.3, 0.4) is 0 Å². The number of hydrogen-bond acceptors (Lipinski definition) is 11. The molecule has 186 valence electrons. The summed E-state index contributed by atoms with van der Waals surface area (Å²) in [7, 11) is 0. The second kappa shape index (κ2) is 9.67. The quantitative estimate of drug-likeness (QED) is 0.289. The predicted octanol–water partition coefficient (Wildman–Crippen LogP) is 1.37. The molecule has 0 aliphatic carbocycles. The highest BCUT2D eigenvalue weighted by Gasteiger charge is 2.66. The lowest BCUT2D eigenvalue weighted by atomic mass is 9.97. The van der Waals surface area contributed by atoms with Crippen LogP contribution in [0.1, 0.15) is 47.5 Å². The SMILES string of the molecule is C=C(C)C(=O)O[C@H]1[C@@H]2OC(C)(CC(=O)OCC)O[C@@H]2CO[C@]12COC(C)(CC(=O)OCC)O2. The fourth-order valence-electron chi connectivity index (χ4n) is 4.10. The normalized spacial score (nSPS) is 37.4. The number of rotatable bonds is 8. The van der Waals surface area contributed by atoms with Gasteiger partial charge in [0, 0.05) is 5.57 Å². The number of ether oxygens (including phenoxy) is 8. The molecule has 0 aromatic heterocycles. The summed E-state index contributed by atoms with van der Waals surface area (Å²) in [6.45, 7) is 12.0. The third-order valence-electron chi connectivity index (χ3n) is 5.47. The molecular weight excluding hydrogens is 440 g/mol. The summed E-state index contributed by atoms with van der Waals surface area (Å²) >= 11 is 0. The van der Waals surface area contributed by atoms with Crippen molar-refractivity contribution < 1.29 is 52.3 Å².